The van der Waals surface area contributed by atoms with Gasteiger partial charge < -0.3 is 5.32 Å². The maximum Gasteiger partial charge on any atom is 0.211 e. The van der Waals surface area contributed by atoms with Crippen molar-refractivity contribution in [1.82, 2.24) is 4.98 Å². The Morgan fingerprint density at radius 1 is 0.880 bits per heavy atom. The molecule has 1 aliphatic rings. The van der Waals surface area contributed by atoms with Gasteiger partial charge in [-0.3, -0.25) is 9.59 Å². The van der Waals surface area contributed by atoms with E-state index < -0.39 is 0 Å². The molecule has 6 heteroatoms. The van der Waals surface area contributed by atoms with Crippen molar-refractivity contribution in [3.05, 3.63) is 81.8 Å². The molecule has 122 valence electrons. The SMILES string of the molecule is O=C1C(Cl)=C(Nc2nc(-c3ccccc3)cs2)C(=O)c2ccccc21. The third-order valence-electron chi connectivity index (χ3n) is 3.87. The molecule has 1 aliphatic carbocycles. The average molecular weight is 367 g/mol. The molecule has 3 aromatic rings. The second-order valence-electron chi connectivity index (χ2n) is 5.42. The maximum absolute atomic E-state index is 12.7. The Bertz CT molecular complexity index is 1020. The lowest BCUT2D eigenvalue weighted by molar-refractivity contribution is 0.0982. The highest BCUT2D eigenvalue weighted by Gasteiger charge is 2.31. The molecule has 2 aromatic carbocycles. The topological polar surface area (TPSA) is 59.1 Å². The lowest BCUT2D eigenvalue weighted by atomic mass is 9.92. The number of anilines is 1. The van der Waals surface area contributed by atoms with Crippen LogP contribution in [0.2, 0.25) is 0 Å². The number of benzene rings is 2. The Morgan fingerprint density at radius 3 is 2.24 bits per heavy atom. The molecule has 0 spiro atoms. The van der Waals surface area contributed by atoms with Gasteiger partial charge in [-0.15, -0.1) is 11.3 Å². The van der Waals surface area contributed by atoms with Crippen LogP contribution in [0.15, 0.2) is 70.7 Å². The number of nitrogens with zero attached hydrogens (tertiary/aromatic N) is 1. The normalized spacial score (nSPS) is 13.8. The molecule has 0 fully saturated rings. The molecule has 0 bridgehead atoms. The summed E-state index contributed by atoms with van der Waals surface area (Å²) in [7, 11) is 0. The van der Waals surface area contributed by atoms with Gasteiger partial charge in [-0.1, -0.05) is 66.2 Å². The molecule has 0 radical (unpaired) electrons. The summed E-state index contributed by atoms with van der Waals surface area (Å²) in [4.78, 5) is 29.5. The first-order valence-electron chi connectivity index (χ1n) is 7.51. The quantitative estimate of drug-likeness (QED) is 0.726. The van der Waals surface area contributed by atoms with Gasteiger partial charge in [-0.25, -0.2) is 4.98 Å². The first-order valence-corrected chi connectivity index (χ1v) is 8.77. The number of Topliss-reactive ketones (excluding diaryl/α,β-unsaturated/α-hetero) is 2. The van der Waals surface area contributed by atoms with Crippen molar-refractivity contribution < 1.29 is 9.59 Å². The number of halogens is 1. The fourth-order valence-electron chi connectivity index (χ4n) is 2.64. The lowest BCUT2D eigenvalue weighted by Gasteiger charge is -2.17. The molecule has 1 N–H and O–H groups in total. The minimum Gasteiger partial charge on any atom is -0.327 e. The number of hydrogen-bond acceptors (Lipinski definition) is 5. The van der Waals surface area contributed by atoms with Crippen molar-refractivity contribution in [3.63, 3.8) is 0 Å². The van der Waals surface area contributed by atoms with E-state index in [0.717, 1.165) is 11.3 Å². The van der Waals surface area contributed by atoms with Crippen molar-refractivity contribution in [2.24, 2.45) is 0 Å². The standard InChI is InChI=1S/C19H11ClN2O2S/c20-15-16(18(24)13-9-5-4-8-12(13)17(15)23)22-19-21-14(10-25-19)11-6-2-1-3-7-11/h1-10H,(H,21,22). The van der Waals surface area contributed by atoms with Gasteiger partial charge >= 0.3 is 0 Å². The van der Waals surface area contributed by atoms with E-state index in [1.807, 2.05) is 35.7 Å². The van der Waals surface area contributed by atoms with Crippen molar-refractivity contribution in [2.45, 2.75) is 0 Å². The molecule has 0 atom stereocenters. The zero-order chi connectivity index (χ0) is 17.4. The molecule has 4 rings (SSSR count). The molecule has 0 aliphatic heterocycles. The van der Waals surface area contributed by atoms with E-state index in [-0.39, 0.29) is 22.3 Å². The Kier molecular flexibility index (Phi) is 3.95. The summed E-state index contributed by atoms with van der Waals surface area (Å²) >= 11 is 7.50. The largest absolute Gasteiger partial charge is 0.327 e. The third-order valence-corrected chi connectivity index (χ3v) is 4.99. The first kappa shape index (κ1) is 15.7. The van der Waals surface area contributed by atoms with E-state index in [1.165, 1.54) is 11.3 Å². The van der Waals surface area contributed by atoms with Crippen LogP contribution in [-0.2, 0) is 0 Å². The maximum atomic E-state index is 12.7. The van der Waals surface area contributed by atoms with Crippen LogP contribution in [-0.4, -0.2) is 16.6 Å². The van der Waals surface area contributed by atoms with Gasteiger partial charge in [0.1, 0.15) is 10.7 Å². The highest BCUT2D eigenvalue weighted by Crippen LogP contribution is 2.31. The van der Waals surface area contributed by atoms with Crippen molar-refractivity contribution in [3.8, 4) is 11.3 Å². The van der Waals surface area contributed by atoms with E-state index in [2.05, 4.69) is 10.3 Å². The van der Waals surface area contributed by atoms with Crippen LogP contribution in [0.25, 0.3) is 11.3 Å². The van der Waals surface area contributed by atoms with Gasteiger partial charge in [0.15, 0.2) is 5.13 Å². The number of aromatic nitrogens is 1. The fourth-order valence-corrected chi connectivity index (χ4v) is 3.60. The number of nitrogens with one attached hydrogen (secondary N) is 1. The van der Waals surface area contributed by atoms with Crippen LogP contribution in [0.4, 0.5) is 5.13 Å². The summed E-state index contributed by atoms with van der Waals surface area (Å²) in [5.41, 5.74) is 2.51. The van der Waals surface area contributed by atoms with Crippen molar-refractivity contribution >= 4 is 39.6 Å². The third kappa shape index (κ3) is 2.77. The number of hydrogen-bond donors (Lipinski definition) is 1. The van der Waals surface area contributed by atoms with Gasteiger partial charge in [-0.2, -0.15) is 0 Å². The van der Waals surface area contributed by atoms with Crippen LogP contribution in [0.3, 0.4) is 0 Å². The summed E-state index contributed by atoms with van der Waals surface area (Å²) < 4.78 is 0. The summed E-state index contributed by atoms with van der Waals surface area (Å²) in [6.45, 7) is 0. The number of fused-ring (bicyclic) bond motifs is 1. The van der Waals surface area contributed by atoms with Crippen LogP contribution >= 0.6 is 22.9 Å². The van der Waals surface area contributed by atoms with Crippen molar-refractivity contribution in [1.29, 1.82) is 0 Å². The predicted molar refractivity (Wildman–Crippen MR) is 99.2 cm³/mol. The summed E-state index contributed by atoms with van der Waals surface area (Å²) in [5, 5.41) is 5.21. The molecule has 0 amide bonds. The molecular weight excluding hydrogens is 356 g/mol. The fraction of sp³-hybridized carbons (Fsp3) is 0. The summed E-state index contributed by atoms with van der Waals surface area (Å²) in [5.74, 6) is -0.670. The Labute approximate surface area is 152 Å². The van der Waals surface area contributed by atoms with Crippen LogP contribution < -0.4 is 5.32 Å². The van der Waals surface area contributed by atoms with Gasteiger partial charge in [0.25, 0.3) is 0 Å². The van der Waals surface area contributed by atoms with Crippen LogP contribution in [0.1, 0.15) is 20.7 Å². The van der Waals surface area contributed by atoms with Gasteiger partial charge in [-0.05, 0) is 0 Å². The molecule has 0 saturated heterocycles. The van der Waals surface area contributed by atoms with Crippen molar-refractivity contribution in [2.75, 3.05) is 5.32 Å². The Hall–Kier alpha value is -2.76. The lowest BCUT2D eigenvalue weighted by Crippen LogP contribution is -2.24. The molecular formula is C19H11ClN2O2S. The highest BCUT2D eigenvalue weighted by molar-refractivity contribution is 7.14. The monoisotopic (exact) mass is 366 g/mol. The Morgan fingerprint density at radius 2 is 1.52 bits per heavy atom. The van der Waals surface area contributed by atoms with Gasteiger partial charge in [0.05, 0.1) is 5.69 Å². The number of carbonyl (C=O) groups is 2. The number of allylic oxidation sites excluding steroid dienone is 2. The molecule has 25 heavy (non-hydrogen) atoms. The highest BCUT2D eigenvalue weighted by atomic mass is 35.5. The number of thiazole rings is 1. The van der Waals surface area contributed by atoms with E-state index in [4.69, 9.17) is 11.6 Å². The first-order chi connectivity index (χ1) is 12.1. The minimum absolute atomic E-state index is 0.0688. The molecule has 0 saturated carbocycles. The molecule has 4 nitrogen and oxygen atoms in total. The number of ketones is 2. The molecule has 0 unspecified atom stereocenters. The van der Waals surface area contributed by atoms with E-state index in [1.54, 1.807) is 24.3 Å². The van der Waals surface area contributed by atoms with Crippen LogP contribution in [0, 0.1) is 0 Å². The van der Waals surface area contributed by atoms with Gasteiger partial charge in [0.2, 0.25) is 11.6 Å². The Balaban J connectivity index is 1.67. The van der Waals surface area contributed by atoms with E-state index in [9.17, 15) is 9.59 Å². The van der Waals surface area contributed by atoms with Crippen LogP contribution in [0.5, 0.6) is 0 Å². The summed E-state index contributed by atoms with van der Waals surface area (Å²) in [6, 6.07) is 16.4. The predicted octanol–water partition coefficient (Wildman–Crippen LogP) is 4.75. The van der Waals surface area contributed by atoms with E-state index >= 15 is 0 Å². The summed E-state index contributed by atoms with van der Waals surface area (Å²) in [6.07, 6.45) is 0. The zero-order valence-electron chi connectivity index (χ0n) is 12.8. The second-order valence-corrected chi connectivity index (χ2v) is 6.66. The van der Waals surface area contributed by atoms with E-state index in [0.29, 0.717) is 16.3 Å². The number of rotatable bonds is 3. The average Bonchev–Trinajstić information content (AvgIpc) is 3.13. The minimum atomic E-state index is -0.362. The smallest absolute Gasteiger partial charge is 0.211 e. The van der Waals surface area contributed by atoms with Gasteiger partial charge in [0, 0.05) is 22.1 Å². The zero-order valence-corrected chi connectivity index (χ0v) is 14.4. The molecule has 1 heterocycles. The number of carbonyl (C=O) groups excluding carboxylic acids is 2. The second kappa shape index (κ2) is 6.27. The molecule has 1 aromatic heterocycles.